The van der Waals surface area contributed by atoms with Crippen molar-refractivity contribution in [3.05, 3.63) is 64.2 Å². The average molecular weight is 356 g/mol. The summed E-state index contributed by atoms with van der Waals surface area (Å²) in [5.41, 5.74) is 4.33. The second-order valence-corrected chi connectivity index (χ2v) is 5.90. The number of nitrogens with zero attached hydrogens (tertiary/aromatic N) is 2. The number of benzene rings is 2. The highest BCUT2D eigenvalue weighted by Gasteiger charge is 2.41. The minimum Gasteiger partial charge on any atom is -0.482 e. The summed E-state index contributed by atoms with van der Waals surface area (Å²) in [6.07, 6.45) is -1.16. The van der Waals surface area contributed by atoms with E-state index in [9.17, 15) is 9.90 Å². The molecule has 0 fully saturated rings. The zero-order valence-corrected chi connectivity index (χ0v) is 14.0. The number of ether oxygens (including phenoxy) is 1. The molecule has 25 heavy (non-hydrogen) atoms. The highest BCUT2D eigenvalue weighted by atomic mass is 35.5. The van der Waals surface area contributed by atoms with Gasteiger partial charge in [0.15, 0.2) is 11.7 Å². The number of amides is 1. The van der Waals surface area contributed by atoms with Crippen molar-refractivity contribution in [1.29, 1.82) is 10.5 Å². The van der Waals surface area contributed by atoms with Gasteiger partial charge < -0.3 is 15.6 Å². The zero-order valence-electron chi connectivity index (χ0n) is 13.2. The number of primary amides is 1. The van der Waals surface area contributed by atoms with Gasteiger partial charge in [-0.25, -0.2) is 0 Å². The Morgan fingerprint density at radius 3 is 2.36 bits per heavy atom. The van der Waals surface area contributed by atoms with Crippen LogP contribution in [0.15, 0.2) is 42.5 Å². The monoisotopic (exact) mass is 355 g/mol. The minimum absolute atomic E-state index is 0.161. The molecule has 2 atom stereocenters. The third-order valence-electron chi connectivity index (χ3n) is 3.66. The number of carbonyl (C=O) groups is 1. The summed E-state index contributed by atoms with van der Waals surface area (Å²) in [5, 5.41) is 28.5. The molecule has 7 heteroatoms. The Morgan fingerprint density at radius 2 is 1.88 bits per heavy atom. The average Bonchev–Trinajstić information content (AvgIpc) is 2.59. The molecule has 1 amide bonds. The van der Waals surface area contributed by atoms with Crippen LogP contribution in [0.5, 0.6) is 5.75 Å². The normalized spacial score (nSPS) is 13.8. The van der Waals surface area contributed by atoms with Gasteiger partial charge in [0.25, 0.3) is 5.91 Å². The first-order valence-corrected chi connectivity index (χ1v) is 7.56. The molecule has 6 nitrogen and oxygen atoms in total. The number of carbonyl (C=O) groups excluding carboxylic acids is 1. The second-order valence-electron chi connectivity index (χ2n) is 5.50. The smallest absolute Gasteiger partial charge is 0.253 e. The van der Waals surface area contributed by atoms with Crippen LogP contribution >= 0.6 is 11.6 Å². The molecule has 126 valence electrons. The molecule has 2 aromatic rings. The van der Waals surface area contributed by atoms with Gasteiger partial charge in [0.2, 0.25) is 0 Å². The summed E-state index contributed by atoms with van der Waals surface area (Å²) in [5.74, 6) is -0.655. The predicted octanol–water partition coefficient (Wildman–Crippen LogP) is 2.44. The molecule has 2 aromatic carbocycles. The Bertz CT molecular complexity index is 880. The quantitative estimate of drug-likeness (QED) is 0.853. The molecule has 0 unspecified atom stereocenters. The van der Waals surface area contributed by atoms with E-state index < -0.39 is 17.6 Å². The Kier molecular flexibility index (Phi) is 5.29. The van der Waals surface area contributed by atoms with E-state index in [1.54, 1.807) is 0 Å². The molecule has 0 saturated heterocycles. The number of rotatable bonds is 5. The van der Waals surface area contributed by atoms with Crippen molar-refractivity contribution in [1.82, 2.24) is 0 Å². The summed E-state index contributed by atoms with van der Waals surface area (Å²) in [6, 6.07) is 14.5. The molecule has 0 saturated carbocycles. The third-order valence-corrected chi connectivity index (χ3v) is 3.98. The van der Waals surface area contributed by atoms with Crippen LogP contribution in [0.1, 0.15) is 29.7 Å². The Balaban J connectivity index is 2.46. The molecule has 0 radical (unpaired) electrons. The van der Waals surface area contributed by atoms with Gasteiger partial charge in [-0.1, -0.05) is 17.7 Å². The largest absolute Gasteiger partial charge is 0.482 e. The van der Waals surface area contributed by atoms with Crippen molar-refractivity contribution >= 4 is 17.5 Å². The van der Waals surface area contributed by atoms with Gasteiger partial charge in [-0.2, -0.15) is 10.5 Å². The van der Waals surface area contributed by atoms with Crippen LogP contribution in [0.25, 0.3) is 0 Å². The number of hydrogen-bond acceptors (Lipinski definition) is 5. The summed E-state index contributed by atoms with van der Waals surface area (Å²) in [7, 11) is 0. The van der Waals surface area contributed by atoms with Gasteiger partial charge in [-0.3, -0.25) is 4.79 Å². The topological polar surface area (TPSA) is 120 Å². The van der Waals surface area contributed by atoms with Crippen molar-refractivity contribution in [3.63, 3.8) is 0 Å². The van der Waals surface area contributed by atoms with Crippen LogP contribution in [0.3, 0.4) is 0 Å². The van der Waals surface area contributed by atoms with Gasteiger partial charge in [-0.05, 0) is 48.9 Å². The molecular weight excluding hydrogens is 342 g/mol. The number of halogens is 1. The molecule has 0 aliphatic rings. The van der Waals surface area contributed by atoms with Crippen LogP contribution in [0, 0.1) is 22.7 Å². The highest BCUT2D eigenvalue weighted by Crippen LogP contribution is 2.33. The molecule has 3 N–H and O–H groups in total. The van der Waals surface area contributed by atoms with Crippen molar-refractivity contribution in [3.8, 4) is 17.9 Å². The Hall–Kier alpha value is -3.06. The summed E-state index contributed by atoms with van der Waals surface area (Å²) in [6.45, 7) is 1.23. The van der Waals surface area contributed by atoms with Gasteiger partial charge in [0.1, 0.15) is 11.8 Å². The predicted molar refractivity (Wildman–Crippen MR) is 90.5 cm³/mol. The first-order valence-electron chi connectivity index (χ1n) is 7.18. The molecule has 0 bridgehead atoms. The third kappa shape index (κ3) is 3.89. The van der Waals surface area contributed by atoms with Crippen molar-refractivity contribution in [2.24, 2.45) is 5.73 Å². The van der Waals surface area contributed by atoms with E-state index >= 15 is 0 Å². The molecule has 0 aromatic heterocycles. The maximum Gasteiger partial charge on any atom is 0.253 e. The van der Waals surface area contributed by atoms with E-state index in [-0.39, 0.29) is 10.6 Å². The van der Waals surface area contributed by atoms with E-state index in [0.29, 0.717) is 16.9 Å². The number of aliphatic hydroxyl groups is 1. The van der Waals surface area contributed by atoms with Crippen molar-refractivity contribution in [2.75, 3.05) is 0 Å². The number of nitrogens with two attached hydrogens (primary N) is 1. The van der Waals surface area contributed by atoms with E-state index in [2.05, 4.69) is 0 Å². The molecule has 0 aliphatic carbocycles. The maximum absolute atomic E-state index is 11.7. The van der Waals surface area contributed by atoms with E-state index in [4.69, 9.17) is 32.6 Å². The summed E-state index contributed by atoms with van der Waals surface area (Å²) >= 11 is 6.03. The summed E-state index contributed by atoms with van der Waals surface area (Å²) < 4.78 is 5.75. The highest BCUT2D eigenvalue weighted by molar-refractivity contribution is 6.31. The Labute approximate surface area is 149 Å². The Morgan fingerprint density at radius 1 is 1.24 bits per heavy atom. The fourth-order valence-corrected chi connectivity index (χ4v) is 2.40. The van der Waals surface area contributed by atoms with Crippen molar-refractivity contribution < 1.29 is 14.6 Å². The van der Waals surface area contributed by atoms with Crippen LogP contribution in [0.4, 0.5) is 0 Å². The van der Waals surface area contributed by atoms with E-state index in [0.717, 1.165) is 0 Å². The molecular formula is C18H14ClN3O3. The van der Waals surface area contributed by atoms with Gasteiger partial charge in [0, 0.05) is 0 Å². The lowest BCUT2D eigenvalue weighted by molar-refractivity contribution is -0.144. The fraction of sp³-hybridized carbons (Fsp3) is 0.167. The van der Waals surface area contributed by atoms with Crippen molar-refractivity contribution in [2.45, 2.75) is 18.6 Å². The van der Waals surface area contributed by atoms with Gasteiger partial charge in [0.05, 0.1) is 22.2 Å². The molecule has 0 aliphatic heterocycles. The van der Waals surface area contributed by atoms with Crippen LogP contribution in [-0.2, 0) is 4.79 Å². The summed E-state index contributed by atoms with van der Waals surface area (Å²) in [4.78, 5) is 11.7. The molecule has 2 rings (SSSR count). The van der Waals surface area contributed by atoms with Gasteiger partial charge >= 0.3 is 0 Å². The number of hydrogen-bond donors (Lipinski definition) is 2. The van der Waals surface area contributed by atoms with Crippen LogP contribution < -0.4 is 10.5 Å². The molecule has 0 heterocycles. The second kappa shape index (κ2) is 7.23. The lowest BCUT2D eigenvalue weighted by Gasteiger charge is -2.31. The van der Waals surface area contributed by atoms with Crippen LogP contribution in [0.2, 0.25) is 5.02 Å². The maximum atomic E-state index is 11.7. The van der Waals surface area contributed by atoms with Crippen LogP contribution in [-0.4, -0.2) is 16.6 Å². The molecule has 0 spiro atoms. The minimum atomic E-state index is -2.04. The van der Waals surface area contributed by atoms with Gasteiger partial charge in [-0.15, -0.1) is 0 Å². The zero-order chi connectivity index (χ0) is 18.6. The standard InChI is InChI=1S/C18H14ClN3O3/c1-18(24,17(22)23)16(12-4-5-13(10-21)15(19)8-12)25-14-6-2-11(9-20)3-7-14/h2-8,16,24H,1H3,(H2,22,23)/t16-,18-/m0/s1. The van der Waals surface area contributed by atoms with E-state index in [1.807, 2.05) is 12.1 Å². The fourth-order valence-electron chi connectivity index (χ4n) is 2.17. The lowest BCUT2D eigenvalue weighted by Crippen LogP contribution is -2.48. The SMILES string of the molecule is C[C@@](O)(C(N)=O)[C@@H](Oc1ccc(C#N)cc1)c1ccc(C#N)c(Cl)c1. The first kappa shape index (κ1) is 18.3. The first-order chi connectivity index (χ1) is 11.8. The van der Waals surface area contributed by atoms with E-state index in [1.165, 1.54) is 49.4 Å². The lowest BCUT2D eigenvalue weighted by atomic mass is 9.91. The number of nitriles is 2.